The summed E-state index contributed by atoms with van der Waals surface area (Å²) in [4.78, 5) is 40.7. The third kappa shape index (κ3) is 5.36. The Balaban J connectivity index is 1.45. The Labute approximate surface area is 192 Å². The molecule has 3 heterocycles. The second kappa shape index (κ2) is 9.81. The highest BCUT2D eigenvalue weighted by Gasteiger charge is 2.19. The third-order valence-electron chi connectivity index (χ3n) is 5.44. The molecule has 1 saturated heterocycles. The summed E-state index contributed by atoms with van der Waals surface area (Å²) < 4.78 is 5.70. The lowest BCUT2D eigenvalue weighted by molar-refractivity contribution is -0.128. The van der Waals surface area contributed by atoms with Crippen LogP contribution >= 0.6 is 0 Å². The lowest BCUT2D eigenvalue weighted by Gasteiger charge is -2.18. The van der Waals surface area contributed by atoms with Crippen molar-refractivity contribution in [3.8, 4) is 17.0 Å². The standard InChI is InChI=1S/C24H28N6O3/c1-16(2)27-24(32)29(3)21-15-25-19-8-6-17(13-20(19)28-21)18-7-9-22(26-14-18)33-12-11-30-10-4-5-23(30)31/h6-9,13-16H,4-5,10-12H2,1-3H3,(H,27,32). The number of urea groups is 1. The first-order chi connectivity index (χ1) is 15.9. The monoisotopic (exact) mass is 448 g/mol. The van der Waals surface area contributed by atoms with E-state index in [1.165, 1.54) is 4.90 Å². The molecule has 0 saturated carbocycles. The van der Waals surface area contributed by atoms with Crippen LogP contribution < -0.4 is 15.0 Å². The average Bonchev–Trinajstić information content (AvgIpc) is 3.22. The van der Waals surface area contributed by atoms with Crippen molar-refractivity contribution in [1.82, 2.24) is 25.2 Å². The van der Waals surface area contributed by atoms with E-state index in [-0.39, 0.29) is 18.0 Å². The molecule has 1 aromatic carbocycles. The van der Waals surface area contributed by atoms with Gasteiger partial charge in [-0.2, -0.15) is 0 Å². The molecule has 0 radical (unpaired) electrons. The number of likely N-dealkylation sites (tertiary alicyclic amines) is 1. The number of pyridine rings is 1. The van der Waals surface area contributed by atoms with Crippen LogP contribution in [0.25, 0.3) is 22.2 Å². The summed E-state index contributed by atoms with van der Waals surface area (Å²) >= 11 is 0. The molecule has 1 aliphatic heterocycles. The maximum atomic E-state index is 12.3. The summed E-state index contributed by atoms with van der Waals surface area (Å²) in [5, 5.41) is 2.84. The molecule has 2 aromatic heterocycles. The lowest BCUT2D eigenvalue weighted by atomic mass is 10.1. The van der Waals surface area contributed by atoms with Gasteiger partial charge >= 0.3 is 6.03 Å². The summed E-state index contributed by atoms with van der Waals surface area (Å²) in [5.41, 5.74) is 3.27. The van der Waals surface area contributed by atoms with Gasteiger partial charge in [-0.15, -0.1) is 0 Å². The molecular formula is C24H28N6O3. The van der Waals surface area contributed by atoms with Crippen LogP contribution in [-0.2, 0) is 4.79 Å². The van der Waals surface area contributed by atoms with Crippen LogP contribution in [0.2, 0.25) is 0 Å². The van der Waals surface area contributed by atoms with Gasteiger partial charge in [0.15, 0.2) is 5.82 Å². The molecule has 3 amide bonds. The number of nitrogens with one attached hydrogen (secondary N) is 1. The molecule has 1 N–H and O–H groups in total. The zero-order valence-electron chi connectivity index (χ0n) is 19.1. The van der Waals surface area contributed by atoms with Gasteiger partial charge in [-0.3, -0.25) is 14.7 Å². The van der Waals surface area contributed by atoms with E-state index in [9.17, 15) is 9.59 Å². The SMILES string of the molecule is CC(C)NC(=O)N(C)c1cnc2ccc(-c3ccc(OCCN4CCCC4=O)nc3)cc2n1. The zero-order valence-corrected chi connectivity index (χ0v) is 19.1. The molecule has 0 aliphatic carbocycles. The molecule has 172 valence electrons. The number of fused-ring (bicyclic) bond motifs is 1. The van der Waals surface area contributed by atoms with Crippen LogP contribution in [0.3, 0.4) is 0 Å². The van der Waals surface area contributed by atoms with Crippen molar-refractivity contribution in [2.24, 2.45) is 0 Å². The van der Waals surface area contributed by atoms with E-state index in [1.807, 2.05) is 49.1 Å². The van der Waals surface area contributed by atoms with E-state index >= 15 is 0 Å². The minimum Gasteiger partial charge on any atom is -0.476 e. The topological polar surface area (TPSA) is 101 Å². The van der Waals surface area contributed by atoms with Gasteiger partial charge in [0.25, 0.3) is 0 Å². The molecular weight excluding hydrogens is 420 g/mol. The molecule has 1 aliphatic rings. The average molecular weight is 449 g/mol. The number of carbonyl (C=O) groups excluding carboxylic acids is 2. The Bertz CT molecular complexity index is 1150. The van der Waals surface area contributed by atoms with Crippen molar-refractivity contribution in [1.29, 1.82) is 0 Å². The summed E-state index contributed by atoms with van der Waals surface area (Å²) in [6.07, 6.45) is 4.89. The zero-order chi connectivity index (χ0) is 23.4. The second-order valence-corrected chi connectivity index (χ2v) is 8.31. The predicted octanol–water partition coefficient (Wildman–Crippen LogP) is 3.25. The predicted molar refractivity (Wildman–Crippen MR) is 126 cm³/mol. The number of anilines is 1. The van der Waals surface area contributed by atoms with Crippen LogP contribution in [0, 0.1) is 0 Å². The number of amides is 3. The Hall–Kier alpha value is -3.75. The molecule has 0 unspecified atom stereocenters. The van der Waals surface area contributed by atoms with Gasteiger partial charge in [0.1, 0.15) is 6.61 Å². The second-order valence-electron chi connectivity index (χ2n) is 8.31. The Morgan fingerprint density at radius 2 is 1.97 bits per heavy atom. The number of rotatable bonds is 7. The first kappa shape index (κ1) is 22.4. The number of ether oxygens (including phenoxy) is 1. The summed E-state index contributed by atoms with van der Waals surface area (Å²) in [5.74, 6) is 1.18. The molecule has 0 bridgehead atoms. The van der Waals surface area contributed by atoms with Crippen molar-refractivity contribution >= 4 is 28.8 Å². The fourth-order valence-electron chi connectivity index (χ4n) is 3.63. The van der Waals surface area contributed by atoms with E-state index < -0.39 is 0 Å². The van der Waals surface area contributed by atoms with Crippen LogP contribution in [0.4, 0.5) is 10.6 Å². The molecule has 0 spiro atoms. The summed E-state index contributed by atoms with van der Waals surface area (Å²) in [6, 6.07) is 9.33. The highest BCUT2D eigenvalue weighted by atomic mass is 16.5. The highest BCUT2D eigenvalue weighted by Crippen LogP contribution is 2.25. The molecule has 9 nitrogen and oxygen atoms in total. The fraction of sp³-hybridized carbons (Fsp3) is 0.375. The largest absolute Gasteiger partial charge is 0.476 e. The van der Waals surface area contributed by atoms with Crippen molar-refractivity contribution < 1.29 is 14.3 Å². The van der Waals surface area contributed by atoms with Gasteiger partial charge in [-0.25, -0.2) is 14.8 Å². The Morgan fingerprint density at radius 3 is 2.67 bits per heavy atom. The summed E-state index contributed by atoms with van der Waals surface area (Å²) in [6.45, 7) is 5.62. The number of benzene rings is 1. The van der Waals surface area contributed by atoms with E-state index in [0.717, 1.165) is 29.6 Å². The minimum atomic E-state index is -0.233. The quantitative estimate of drug-likeness (QED) is 0.596. The molecule has 4 rings (SSSR count). The highest BCUT2D eigenvalue weighted by molar-refractivity contribution is 5.92. The van der Waals surface area contributed by atoms with Crippen LogP contribution in [0.5, 0.6) is 5.88 Å². The molecule has 1 fully saturated rings. The normalized spacial score (nSPS) is 13.6. The van der Waals surface area contributed by atoms with Crippen LogP contribution in [0.1, 0.15) is 26.7 Å². The van der Waals surface area contributed by atoms with E-state index in [1.54, 1.807) is 19.4 Å². The lowest BCUT2D eigenvalue weighted by Crippen LogP contribution is -2.41. The van der Waals surface area contributed by atoms with Crippen molar-refractivity contribution in [2.45, 2.75) is 32.7 Å². The van der Waals surface area contributed by atoms with Gasteiger partial charge < -0.3 is 15.0 Å². The number of nitrogens with zero attached hydrogens (tertiary/aromatic N) is 5. The minimum absolute atomic E-state index is 0.0297. The van der Waals surface area contributed by atoms with Gasteiger partial charge in [0.2, 0.25) is 11.8 Å². The number of hydrogen-bond donors (Lipinski definition) is 1. The van der Waals surface area contributed by atoms with Gasteiger partial charge in [-0.1, -0.05) is 6.07 Å². The first-order valence-electron chi connectivity index (χ1n) is 11.1. The van der Waals surface area contributed by atoms with Gasteiger partial charge in [-0.05, 0) is 44.0 Å². The molecule has 33 heavy (non-hydrogen) atoms. The van der Waals surface area contributed by atoms with Gasteiger partial charge in [0, 0.05) is 43.9 Å². The van der Waals surface area contributed by atoms with Crippen LogP contribution in [-0.4, -0.2) is 64.6 Å². The smallest absolute Gasteiger partial charge is 0.323 e. The van der Waals surface area contributed by atoms with Gasteiger partial charge in [0.05, 0.1) is 23.8 Å². The molecule has 3 aromatic rings. The maximum absolute atomic E-state index is 12.3. The van der Waals surface area contributed by atoms with E-state index in [0.29, 0.717) is 36.8 Å². The molecule has 9 heteroatoms. The van der Waals surface area contributed by atoms with Crippen molar-refractivity contribution in [3.05, 3.63) is 42.7 Å². The van der Waals surface area contributed by atoms with E-state index in [2.05, 4.69) is 20.3 Å². The summed E-state index contributed by atoms with van der Waals surface area (Å²) in [7, 11) is 1.67. The number of aromatic nitrogens is 3. The van der Waals surface area contributed by atoms with E-state index in [4.69, 9.17) is 4.74 Å². The number of hydrogen-bond acceptors (Lipinski definition) is 6. The Kier molecular flexibility index (Phi) is 6.67. The maximum Gasteiger partial charge on any atom is 0.323 e. The third-order valence-corrected chi connectivity index (χ3v) is 5.44. The number of carbonyl (C=O) groups is 2. The Morgan fingerprint density at radius 1 is 1.15 bits per heavy atom. The molecule has 0 atom stereocenters. The fourth-order valence-corrected chi connectivity index (χ4v) is 3.63. The van der Waals surface area contributed by atoms with Crippen LogP contribution in [0.15, 0.2) is 42.7 Å². The first-order valence-corrected chi connectivity index (χ1v) is 11.1. The van der Waals surface area contributed by atoms with Crippen molar-refractivity contribution in [2.75, 3.05) is 31.6 Å². The van der Waals surface area contributed by atoms with Crippen molar-refractivity contribution in [3.63, 3.8) is 0 Å².